The van der Waals surface area contributed by atoms with Crippen LogP contribution in [0.25, 0.3) is 0 Å². The molecule has 0 aliphatic carbocycles. The molecule has 19 heavy (non-hydrogen) atoms. The van der Waals surface area contributed by atoms with E-state index in [9.17, 15) is 5.11 Å². The topological polar surface area (TPSA) is 29.5 Å². The molecule has 1 aliphatic heterocycles. The van der Waals surface area contributed by atoms with Crippen LogP contribution in [0.3, 0.4) is 0 Å². The van der Waals surface area contributed by atoms with Crippen molar-refractivity contribution in [2.75, 3.05) is 0 Å². The van der Waals surface area contributed by atoms with Crippen LogP contribution >= 0.6 is 27.5 Å². The van der Waals surface area contributed by atoms with Gasteiger partial charge < -0.3 is 9.84 Å². The Morgan fingerprint density at radius 1 is 1.37 bits per heavy atom. The number of hydrogen-bond donors (Lipinski definition) is 1. The zero-order chi connectivity index (χ0) is 14.4. The zero-order valence-corrected chi connectivity index (χ0v) is 14.0. The number of rotatable bonds is 2. The summed E-state index contributed by atoms with van der Waals surface area (Å²) in [5.41, 5.74) is 0.319. The molecule has 1 aromatic carbocycles. The molecule has 0 bridgehead atoms. The van der Waals surface area contributed by atoms with Gasteiger partial charge in [-0.25, -0.2) is 0 Å². The predicted octanol–water partition coefficient (Wildman–Crippen LogP) is 4.73. The van der Waals surface area contributed by atoms with E-state index in [4.69, 9.17) is 16.3 Å². The van der Waals surface area contributed by atoms with E-state index in [2.05, 4.69) is 29.8 Å². The van der Waals surface area contributed by atoms with Gasteiger partial charge in [0, 0.05) is 15.4 Å². The lowest BCUT2D eigenvalue weighted by molar-refractivity contribution is -0.0880. The number of halogens is 2. The van der Waals surface area contributed by atoms with Crippen molar-refractivity contribution in [3.63, 3.8) is 0 Å². The highest BCUT2D eigenvalue weighted by Crippen LogP contribution is 2.48. The van der Waals surface area contributed by atoms with Gasteiger partial charge in [0.1, 0.15) is 0 Å². The van der Waals surface area contributed by atoms with Gasteiger partial charge in [0.25, 0.3) is 0 Å². The molecule has 1 heterocycles. The lowest BCUT2D eigenvalue weighted by Gasteiger charge is -2.30. The van der Waals surface area contributed by atoms with Crippen LogP contribution in [0.15, 0.2) is 22.7 Å². The Morgan fingerprint density at radius 2 is 2.00 bits per heavy atom. The average Bonchev–Trinajstić information content (AvgIpc) is 2.45. The summed E-state index contributed by atoms with van der Waals surface area (Å²) in [4.78, 5) is 0. The summed E-state index contributed by atoms with van der Waals surface area (Å²) < 4.78 is 6.89. The molecular formula is C15H20BrClO2. The highest BCUT2D eigenvalue weighted by Gasteiger charge is 2.49. The quantitative estimate of drug-likeness (QED) is 0.838. The van der Waals surface area contributed by atoms with Crippen molar-refractivity contribution < 1.29 is 9.84 Å². The van der Waals surface area contributed by atoms with Gasteiger partial charge in [-0.1, -0.05) is 33.6 Å². The molecule has 1 fully saturated rings. The zero-order valence-electron chi connectivity index (χ0n) is 11.7. The molecule has 2 atom stereocenters. The summed E-state index contributed by atoms with van der Waals surface area (Å²) in [5, 5.41) is 11.4. The maximum atomic E-state index is 10.7. The first-order valence-corrected chi connectivity index (χ1v) is 7.63. The maximum Gasteiger partial charge on any atom is 0.0857 e. The van der Waals surface area contributed by atoms with Crippen LogP contribution in [0.2, 0.25) is 5.02 Å². The fraction of sp³-hybridized carbons (Fsp3) is 0.600. The van der Waals surface area contributed by atoms with Crippen LogP contribution in [-0.4, -0.2) is 16.3 Å². The largest absolute Gasteiger partial charge is 0.388 e. The Balaban J connectivity index is 2.31. The van der Waals surface area contributed by atoms with Crippen LogP contribution in [0, 0.1) is 5.92 Å². The van der Waals surface area contributed by atoms with Gasteiger partial charge in [-0.15, -0.1) is 0 Å². The van der Waals surface area contributed by atoms with E-state index in [-0.39, 0.29) is 17.1 Å². The maximum absolute atomic E-state index is 10.7. The van der Waals surface area contributed by atoms with Gasteiger partial charge in [-0.05, 0) is 51.8 Å². The standard InChI is InChI=1S/C15H20BrClO2/c1-14(2)8-11(15(3,4)19-14)13(18)10-6-5-9(17)7-12(10)16/h5-7,11,13,18H,8H2,1-4H3. The highest BCUT2D eigenvalue weighted by molar-refractivity contribution is 9.10. The second kappa shape index (κ2) is 5.03. The van der Waals surface area contributed by atoms with Gasteiger partial charge in [0.15, 0.2) is 0 Å². The van der Waals surface area contributed by atoms with Crippen molar-refractivity contribution in [1.82, 2.24) is 0 Å². The van der Waals surface area contributed by atoms with E-state index in [1.807, 2.05) is 26.0 Å². The van der Waals surface area contributed by atoms with Gasteiger partial charge in [0.2, 0.25) is 0 Å². The van der Waals surface area contributed by atoms with E-state index in [1.165, 1.54) is 0 Å². The number of aliphatic hydroxyl groups excluding tert-OH is 1. The molecule has 0 spiro atoms. The minimum absolute atomic E-state index is 0.0555. The van der Waals surface area contributed by atoms with Crippen LogP contribution in [0.1, 0.15) is 45.8 Å². The normalized spacial score (nSPS) is 26.4. The second-order valence-corrected chi connectivity index (χ2v) is 7.68. The summed E-state index contributed by atoms with van der Waals surface area (Å²) in [7, 11) is 0. The molecular weight excluding hydrogens is 328 g/mol. The number of hydrogen-bond acceptors (Lipinski definition) is 2. The summed E-state index contributed by atoms with van der Waals surface area (Å²) in [5.74, 6) is 0.0555. The van der Waals surface area contributed by atoms with Gasteiger partial charge in [-0.2, -0.15) is 0 Å². The molecule has 0 saturated carbocycles. The van der Waals surface area contributed by atoms with E-state index in [0.717, 1.165) is 16.5 Å². The third-order valence-corrected chi connectivity index (χ3v) is 4.73. The van der Waals surface area contributed by atoms with Crippen molar-refractivity contribution in [1.29, 1.82) is 0 Å². The monoisotopic (exact) mass is 346 g/mol. The van der Waals surface area contributed by atoms with E-state index in [1.54, 1.807) is 6.07 Å². The predicted molar refractivity (Wildman–Crippen MR) is 81.5 cm³/mol. The van der Waals surface area contributed by atoms with Gasteiger partial charge in [0.05, 0.1) is 17.3 Å². The second-order valence-electron chi connectivity index (χ2n) is 6.39. The Hall–Kier alpha value is -0.0900. The average molecular weight is 348 g/mol. The number of aliphatic hydroxyl groups is 1. The van der Waals surface area contributed by atoms with Crippen LogP contribution < -0.4 is 0 Å². The number of benzene rings is 1. The Labute approximate surface area is 128 Å². The molecule has 1 N–H and O–H groups in total. The van der Waals surface area contributed by atoms with E-state index < -0.39 is 6.10 Å². The summed E-state index contributed by atoms with van der Waals surface area (Å²) in [6.07, 6.45) is 0.263. The summed E-state index contributed by atoms with van der Waals surface area (Å²) in [6.45, 7) is 8.22. The minimum Gasteiger partial charge on any atom is -0.388 e. The molecule has 0 radical (unpaired) electrons. The molecule has 2 rings (SSSR count). The lowest BCUT2D eigenvalue weighted by atomic mass is 9.80. The molecule has 2 unspecified atom stereocenters. The molecule has 0 aromatic heterocycles. The number of ether oxygens (including phenoxy) is 1. The Morgan fingerprint density at radius 3 is 2.47 bits per heavy atom. The van der Waals surface area contributed by atoms with Gasteiger partial charge in [-0.3, -0.25) is 0 Å². The van der Waals surface area contributed by atoms with Crippen LogP contribution in [0.5, 0.6) is 0 Å². The van der Waals surface area contributed by atoms with Crippen molar-refractivity contribution in [2.24, 2.45) is 5.92 Å². The molecule has 106 valence electrons. The molecule has 1 aromatic rings. The van der Waals surface area contributed by atoms with Gasteiger partial charge >= 0.3 is 0 Å². The molecule has 4 heteroatoms. The Kier molecular flexibility index (Phi) is 4.05. The van der Waals surface area contributed by atoms with Crippen molar-refractivity contribution in [2.45, 2.75) is 51.4 Å². The fourth-order valence-corrected chi connectivity index (χ4v) is 3.97. The third kappa shape index (κ3) is 3.15. The van der Waals surface area contributed by atoms with Crippen molar-refractivity contribution in [3.05, 3.63) is 33.3 Å². The van der Waals surface area contributed by atoms with E-state index >= 15 is 0 Å². The molecule has 0 amide bonds. The first-order chi connectivity index (χ1) is 8.62. The van der Waals surface area contributed by atoms with Crippen LogP contribution in [-0.2, 0) is 4.74 Å². The lowest BCUT2D eigenvalue weighted by Crippen LogP contribution is -2.32. The first-order valence-electron chi connectivity index (χ1n) is 6.45. The Bertz CT molecular complexity index is 485. The summed E-state index contributed by atoms with van der Waals surface area (Å²) >= 11 is 9.42. The van der Waals surface area contributed by atoms with Crippen LogP contribution in [0.4, 0.5) is 0 Å². The summed E-state index contributed by atoms with van der Waals surface area (Å²) in [6, 6.07) is 5.49. The van der Waals surface area contributed by atoms with E-state index in [0.29, 0.717) is 5.02 Å². The first kappa shape index (κ1) is 15.3. The van der Waals surface area contributed by atoms with Crippen molar-refractivity contribution >= 4 is 27.5 Å². The molecule has 1 saturated heterocycles. The third-order valence-electron chi connectivity index (χ3n) is 3.81. The minimum atomic E-state index is -0.566. The fourth-order valence-electron chi connectivity index (χ4n) is 3.05. The molecule has 2 nitrogen and oxygen atoms in total. The smallest absolute Gasteiger partial charge is 0.0857 e. The SMILES string of the molecule is CC1(C)CC(C(O)c2ccc(Cl)cc2Br)C(C)(C)O1. The molecule has 1 aliphatic rings. The highest BCUT2D eigenvalue weighted by atomic mass is 79.9. The van der Waals surface area contributed by atoms with Crippen molar-refractivity contribution in [3.8, 4) is 0 Å².